The van der Waals surface area contributed by atoms with E-state index in [0.717, 1.165) is 29.9 Å². The number of anilines is 1. The van der Waals surface area contributed by atoms with Crippen LogP contribution in [0.2, 0.25) is 0 Å². The van der Waals surface area contributed by atoms with E-state index in [1.54, 1.807) is 30.4 Å². The number of carbonyl (C=O) groups excluding carboxylic acids is 1. The lowest BCUT2D eigenvalue weighted by Crippen LogP contribution is -2.34. The van der Waals surface area contributed by atoms with Crippen LogP contribution < -0.4 is 15.4 Å². The first-order valence-electron chi connectivity index (χ1n) is 9.18. The lowest BCUT2D eigenvalue weighted by atomic mass is 10.1. The third-order valence-electron chi connectivity index (χ3n) is 4.76. The van der Waals surface area contributed by atoms with Crippen LogP contribution in [0.3, 0.4) is 0 Å². The number of methoxy groups -OCH3 is 1. The quantitative estimate of drug-likeness (QED) is 0.687. The molecule has 1 aliphatic carbocycles. The Morgan fingerprint density at radius 3 is 2.68 bits per heavy atom. The number of aryl methyl sites for hydroxylation is 1. The minimum absolute atomic E-state index is 0.105. The smallest absolute Gasteiger partial charge is 0.319 e. The molecule has 2 N–H and O–H groups in total. The molecule has 0 saturated heterocycles. The molecule has 1 saturated carbocycles. The van der Waals surface area contributed by atoms with Gasteiger partial charge in [-0.15, -0.1) is 10.2 Å². The van der Waals surface area contributed by atoms with Crippen LogP contribution in [-0.2, 0) is 0 Å². The van der Waals surface area contributed by atoms with E-state index >= 15 is 0 Å². The second-order valence-corrected chi connectivity index (χ2v) is 6.87. The van der Waals surface area contributed by atoms with E-state index in [1.807, 2.05) is 37.3 Å². The Balaban J connectivity index is 1.53. The molecule has 4 rings (SSSR count). The largest absolute Gasteiger partial charge is 0.495 e. The summed E-state index contributed by atoms with van der Waals surface area (Å²) in [5.41, 5.74) is 3.22. The van der Waals surface area contributed by atoms with Crippen LogP contribution in [0, 0.1) is 12.8 Å². The van der Waals surface area contributed by atoms with E-state index in [9.17, 15) is 4.79 Å². The molecule has 1 unspecified atom stereocenters. The van der Waals surface area contributed by atoms with Gasteiger partial charge in [-0.2, -0.15) is 0 Å². The van der Waals surface area contributed by atoms with Gasteiger partial charge in [0.25, 0.3) is 0 Å². The molecule has 2 amide bonds. The fourth-order valence-corrected chi connectivity index (χ4v) is 3.19. The number of amides is 2. The summed E-state index contributed by atoms with van der Waals surface area (Å²) in [5.74, 6) is 0.994. The van der Waals surface area contributed by atoms with E-state index < -0.39 is 0 Å². The SMILES string of the molecule is COc1ccc(-n2cnnc2)cc1NC(=O)NC(c1cccc(C)n1)C1CC1. The van der Waals surface area contributed by atoms with Gasteiger partial charge in [0.1, 0.15) is 18.4 Å². The maximum Gasteiger partial charge on any atom is 0.319 e. The van der Waals surface area contributed by atoms with Gasteiger partial charge in [-0.25, -0.2) is 4.79 Å². The van der Waals surface area contributed by atoms with Crippen molar-refractivity contribution in [1.82, 2.24) is 25.1 Å². The number of urea groups is 1. The Hall–Kier alpha value is -3.42. The Morgan fingerprint density at radius 1 is 1.21 bits per heavy atom. The number of nitrogens with one attached hydrogen (secondary N) is 2. The highest BCUT2D eigenvalue weighted by Crippen LogP contribution is 2.40. The zero-order chi connectivity index (χ0) is 19.5. The second-order valence-electron chi connectivity index (χ2n) is 6.87. The number of hydrogen-bond acceptors (Lipinski definition) is 5. The summed E-state index contributed by atoms with van der Waals surface area (Å²) < 4.78 is 7.14. The van der Waals surface area contributed by atoms with Crippen LogP contribution in [0.4, 0.5) is 10.5 Å². The molecule has 8 heteroatoms. The molecule has 2 heterocycles. The fraction of sp³-hybridized carbons (Fsp3) is 0.300. The molecule has 8 nitrogen and oxygen atoms in total. The highest BCUT2D eigenvalue weighted by molar-refractivity contribution is 5.91. The van der Waals surface area contributed by atoms with E-state index in [1.165, 1.54) is 0 Å². The van der Waals surface area contributed by atoms with Gasteiger partial charge in [0, 0.05) is 5.69 Å². The normalized spacial score (nSPS) is 14.4. The fourth-order valence-electron chi connectivity index (χ4n) is 3.19. The predicted octanol–water partition coefficient (Wildman–Crippen LogP) is 3.25. The first-order chi connectivity index (χ1) is 13.6. The number of aromatic nitrogens is 4. The zero-order valence-electron chi connectivity index (χ0n) is 15.8. The molecular formula is C20H22N6O2. The van der Waals surface area contributed by atoms with Gasteiger partial charge in [0.15, 0.2) is 0 Å². The van der Waals surface area contributed by atoms with E-state index in [2.05, 4.69) is 25.8 Å². The molecule has 1 atom stereocenters. The summed E-state index contributed by atoms with van der Waals surface area (Å²) in [6.45, 7) is 1.95. The van der Waals surface area contributed by atoms with Crippen molar-refractivity contribution in [3.63, 3.8) is 0 Å². The van der Waals surface area contributed by atoms with Gasteiger partial charge < -0.3 is 15.4 Å². The Bertz CT molecular complexity index is 969. The molecule has 0 radical (unpaired) electrons. The highest BCUT2D eigenvalue weighted by Gasteiger charge is 2.34. The van der Waals surface area contributed by atoms with Gasteiger partial charge in [-0.05, 0) is 56.0 Å². The number of hydrogen-bond donors (Lipinski definition) is 2. The summed E-state index contributed by atoms with van der Waals surface area (Å²) in [5, 5.41) is 13.6. The first-order valence-corrected chi connectivity index (χ1v) is 9.18. The molecule has 3 aromatic rings. The Labute approximate surface area is 163 Å². The monoisotopic (exact) mass is 378 g/mol. The summed E-state index contributed by atoms with van der Waals surface area (Å²) in [6, 6.07) is 11.0. The molecule has 1 aliphatic rings. The predicted molar refractivity (Wildman–Crippen MR) is 105 cm³/mol. The van der Waals surface area contributed by atoms with Crippen molar-refractivity contribution >= 4 is 11.7 Å². The lowest BCUT2D eigenvalue weighted by Gasteiger charge is -2.19. The van der Waals surface area contributed by atoms with Crippen molar-refractivity contribution in [2.24, 2.45) is 5.92 Å². The molecule has 28 heavy (non-hydrogen) atoms. The molecule has 2 aromatic heterocycles. The van der Waals surface area contributed by atoms with Crippen LogP contribution in [0.1, 0.15) is 30.3 Å². The Morgan fingerprint density at radius 2 is 2.00 bits per heavy atom. The number of nitrogens with zero attached hydrogens (tertiary/aromatic N) is 4. The number of benzene rings is 1. The van der Waals surface area contributed by atoms with Crippen LogP contribution in [0.25, 0.3) is 5.69 Å². The van der Waals surface area contributed by atoms with Crippen molar-refractivity contribution < 1.29 is 9.53 Å². The maximum absolute atomic E-state index is 12.7. The molecule has 0 bridgehead atoms. The van der Waals surface area contributed by atoms with Crippen molar-refractivity contribution in [2.45, 2.75) is 25.8 Å². The lowest BCUT2D eigenvalue weighted by molar-refractivity contribution is 0.246. The molecule has 144 valence electrons. The average molecular weight is 378 g/mol. The van der Waals surface area contributed by atoms with Gasteiger partial charge >= 0.3 is 6.03 Å². The number of rotatable bonds is 6. The summed E-state index contributed by atoms with van der Waals surface area (Å²) in [7, 11) is 1.57. The van der Waals surface area contributed by atoms with Crippen LogP contribution in [0.5, 0.6) is 5.75 Å². The molecule has 1 fully saturated rings. The third-order valence-corrected chi connectivity index (χ3v) is 4.76. The van der Waals surface area contributed by atoms with Gasteiger partial charge in [-0.3, -0.25) is 9.55 Å². The van der Waals surface area contributed by atoms with Crippen LogP contribution in [-0.4, -0.2) is 32.9 Å². The van der Waals surface area contributed by atoms with Gasteiger partial charge in [-0.1, -0.05) is 6.07 Å². The topological polar surface area (TPSA) is 94.0 Å². The van der Waals surface area contributed by atoms with E-state index in [-0.39, 0.29) is 12.1 Å². The number of ether oxygens (including phenoxy) is 1. The highest BCUT2D eigenvalue weighted by atomic mass is 16.5. The van der Waals surface area contributed by atoms with Crippen molar-refractivity contribution in [1.29, 1.82) is 0 Å². The summed E-state index contributed by atoms with van der Waals surface area (Å²) in [4.78, 5) is 17.3. The van der Waals surface area contributed by atoms with Gasteiger partial charge in [0.2, 0.25) is 0 Å². The van der Waals surface area contributed by atoms with Crippen molar-refractivity contribution in [3.05, 3.63) is 60.4 Å². The summed E-state index contributed by atoms with van der Waals surface area (Å²) in [6.07, 6.45) is 5.37. The number of carbonyl (C=O) groups is 1. The first kappa shape index (κ1) is 18.0. The standard InChI is InChI=1S/C20H22N6O2/c1-13-4-3-5-16(23-13)19(14-6-7-14)25-20(27)24-17-10-15(8-9-18(17)28-2)26-11-21-22-12-26/h3-5,8-12,14,19H,6-7H2,1-2H3,(H2,24,25,27). The molecule has 0 spiro atoms. The van der Waals surface area contributed by atoms with Crippen LogP contribution in [0.15, 0.2) is 49.1 Å². The van der Waals surface area contributed by atoms with Crippen LogP contribution >= 0.6 is 0 Å². The Kier molecular flexibility index (Phi) is 4.92. The van der Waals surface area contributed by atoms with E-state index in [0.29, 0.717) is 17.4 Å². The second kappa shape index (κ2) is 7.67. The minimum atomic E-state index is -0.292. The maximum atomic E-state index is 12.7. The molecule has 1 aromatic carbocycles. The van der Waals surface area contributed by atoms with Crippen molar-refractivity contribution in [3.8, 4) is 11.4 Å². The zero-order valence-corrected chi connectivity index (χ0v) is 15.8. The molecule has 0 aliphatic heterocycles. The third kappa shape index (κ3) is 3.95. The van der Waals surface area contributed by atoms with E-state index in [4.69, 9.17) is 4.74 Å². The minimum Gasteiger partial charge on any atom is -0.495 e. The van der Waals surface area contributed by atoms with Gasteiger partial charge in [0.05, 0.1) is 30.2 Å². The summed E-state index contributed by atoms with van der Waals surface area (Å²) >= 11 is 0. The molecular weight excluding hydrogens is 356 g/mol. The van der Waals surface area contributed by atoms with Crippen molar-refractivity contribution in [2.75, 3.05) is 12.4 Å². The number of pyridine rings is 1. The average Bonchev–Trinajstić information content (AvgIpc) is 3.39.